The van der Waals surface area contributed by atoms with Crippen LogP contribution in [0.25, 0.3) is 10.2 Å². The van der Waals surface area contributed by atoms with Gasteiger partial charge in [0, 0.05) is 10.5 Å². The van der Waals surface area contributed by atoms with E-state index in [2.05, 4.69) is 17.2 Å². The van der Waals surface area contributed by atoms with Crippen molar-refractivity contribution in [1.82, 2.24) is 4.98 Å². The van der Waals surface area contributed by atoms with E-state index in [-0.39, 0.29) is 11.9 Å². The molecule has 3 rings (SSSR count). The molecule has 0 radical (unpaired) electrons. The summed E-state index contributed by atoms with van der Waals surface area (Å²) >= 11 is 3.02. The predicted octanol–water partition coefficient (Wildman–Crippen LogP) is 4.84. The van der Waals surface area contributed by atoms with Gasteiger partial charge in [0.1, 0.15) is 0 Å². The van der Waals surface area contributed by atoms with E-state index >= 15 is 0 Å². The van der Waals surface area contributed by atoms with Gasteiger partial charge in [-0.25, -0.2) is 9.78 Å². The third-order valence-corrected chi connectivity index (χ3v) is 5.34. The number of hydrogen-bond donors (Lipinski definition) is 1. The molecule has 0 unspecified atom stereocenters. The summed E-state index contributed by atoms with van der Waals surface area (Å²) in [4.78, 5) is 29.8. The maximum Gasteiger partial charge on any atom is 0.338 e. The van der Waals surface area contributed by atoms with E-state index in [1.165, 1.54) is 11.3 Å². The minimum Gasteiger partial charge on any atom is -0.462 e. The lowest BCUT2D eigenvalue weighted by Crippen LogP contribution is -2.11. The maximum atomic E-state index is 12.5. The zero-order valence-electron chi connectivity index (χ0n) is 14.4. The number of anilines is 1. The van der Waals surface area contributed by atoms with Gasteiger partial charge < -0.3 is 4.74 Å². The molecule has 2 aromatic carbocycles. The number of fused-ring (bicyclic) bond motifs is 1. The van der Waals surface area contributed by atoms with E-state index in [1.54, 1.807) is 43.0 Å². The molecular weight excluding hydrogens is 368 g/mol. The molecule has 0 bridgehead atoms. The summed E-state index contributed by atoms with van der Waals surface area (Å²) in [5.74, 6) is 0.387. The van der Waals surface area contributed by atoms with E-state index in [9.17, 15) is 9.59 Å². The van der Waals surface area contributed by atoms with Crippen molar-refractivity contribution >= 4 is 50.3 Å². The van der Waals surface area contributed by atoms with Crippen LogP contribution in [-0.2, 0) is 4.74 Å². The molecule has 0 spiro atoms. The smallest absolute Gasteiger partial charge is 0.338 e. The summed E-state index contributed by atoms with van der Waals surface area (Å²) in [5, 5.41) is 3.33. The molecule has 0 fully saturated rings. The molecule has 3 aromatic rings. The van der Waals surface area contributed by atoms with Crippen LogP contribution >= 0.6 is 23.1 Å². The van der Waals surface area contributed by atoms with Crippen molar-refractivity contribution < 1.29 is 14.3 Å². The normalized spacial score (nSPS) is 10.7. The summed E-state index contributed by atoms with van der Waals surface area (Å²) in [6.07, 6.45) is 0. The Bertz CT molecular complexity index is 953. The summed E-state index contributed by atoms with van der Waals surface area (Å²) in [5.41, 5.74) is 1.80. The number of benzene rings is 2. The third kappa shape index (κ3) is 4.23. The van der Waals surface area contributed by atoms with Gasteiger partial charge in [0.05, 0.1) is 22.4 Å². The first kappa shape index (κ1) is 18.4. The SMILES string of the molecule is CCOC(=O)c1ccc2nc(NC(=O)c3cccc(SCC)c3)sc2c1. The summed E-state index contributed by atoms with van der Waals surface area (Å²) in [6.45, 7) is 4.17. The number of nitrogens with zero attached hydrogens (tertiary/aromatic N) is 1. The number of amides is 1. The zero-order valence-corrected chi connectivity index (χ0v) is 16.1. The molecule has 26 heavy (non-hydrogen) atoms. The lowest BCUT2D eigenvalue weighted by molar-refractivity contribution is 0.0526. The highest BCUT2D eigenvalue weighted by Crippen LogP contribution is 2.28. The van der Waals surface area contributed by atoms with Gasteiger partial charge in [0.15, 0.2) is 5.13 Å². The van der Waals surface area contributed by atoms with Crippen molar-refractivity contribution in [2.75, 3.05) is 17.7 Å². The number of aromatic nitrogens is 1. The second kappa shape index (κ2) is 8.33. The molecule has 1 heterocycles. The number of thiazole rings is 1. The van der Waals surface area contributed by atoms with Crippen molar-refractivity contribution in [3.8, 4) is 0 Å². The Morgan fingerprint density at radius 2 is 2.00 bits per heavy atom. The van der Waals surface area contributed by atoms with Crippen LogP contribution in [0.5, 0.6) is 0 Å². The Morgan fingerprint density at radius 3 is 2.77 bits per heavy atom. The van der Waals surface area contributed by atoms with Gasteiger partial charge in [-0.15, -0.1) is 11.8 Å². The van der Waals surface area contributed by atoms with E-state index in [4.69, 9.17) is 4.74 Å². The van der Waals surface area contributed by atoms with Crippen molar-refractivity contribution in [1.29, 1.82) is 0 Å². The van der Waals surface area contributed by atoms with Gasteiger partial charge in [-0.05, 0) is 49.1 Å². The fourth-order valence-corrected chi connectivity index (χ4v) is 4.00. The second-order valence-electron chi connectivity index (χ2n) is 5.34. The minimum absolute atomic E-state index is 0.201. The Morgan fingerprint density at radius 1 is 1.15 bits per heavy atom. The van der Waals surface area contributed by atoms with Gasteiger partial charge in [0.25, 0.3) is 5.91 Å². The van der Waals surface area contributed by atoms with Gasteiger partial charge >= 0.3 is 5.97 Å². The second-order valence-corrected chi connectivity index (χ2v) is 7.71. The van der Waals surface area contributed by atoms with E-state index in [0.717, 1.165) is 20.9 Å². The Kier molecular flexibility index (Phi) is 5.90. The predicted molar refractivity (Wildman–Crippen MR) is 106 cm³/mol. The number of thioether (sulfide) groups is 1. The summed E-state index contributed by atoms with van der Waals surface area (Å²) < 4.78 is 5.83. The molecule has 0 saturated carbocycles. The lowest BCUT2D eigenvalue weighted by atomic mass is 10.2. The molecule has 5 nitrogen and oxygen atoms in total. The molecule has 0 atom stereocenters. The highest BCUT2D eigenvalue weighted by atomic mass is 32.2. The van der Waals surface area contributed by atoms with Gasteiger partial charge in [-0.2, -0.15) is 0 Å². The lowest BCUT2D eigenvalue weighted by Gasteiger charge is -2.04. The maximum absolute atomic E-state index is 12.5. The highest BCUT2D eigenvalue weighted by molar-refractivity contribution is 7.99. The van der Waals surface area contributed by atoms with Crippen LogP contribution in [-0.4, -0.2) is 29.2 Å². The first-order chi connectivity index (χ1) is 12.6. The number of ether oxygens (including phenoxy) is 1. The standard InChI is InChI=1S/C19H18N2O3S2/c1-3-24-18(23)13-8-9-15-16(11-13)26-19(20-15)21-17(22)12-6-5-7-14(10-12)25-4-2/h5-11H,3-4H2,1-2H3,(H,20,21,22). The Hall–Kier alpha value is -2.38. The molecule has 1 aromatic heterocycles. The number of nitrogens with one attached hydrogen (secondary N) is 1. The Balaban J connectivity index is 1.79. The summed E-state index contributed by atoms with van der Waals surface area (Å²) in [6, 6.07) is 12.7. The first-order valence-electron chi connectivity index (χ1n) is 8.22. The average molecular weight is 386 g/mol. The van der Waals surface area contributed by atoms with E-state index in [1.807, 2.05) is 18.2 Å². The van der Waals surface area contributed by atoms with Crippen LogP contribution in [0.15, 0.2) is 47.4 Å². The van der Waals surface area contributed by atoms with E-state index in [0.29, 0.717) is 22.9 Å². The van der Waals surface area contributed by atoms with Crippen molar-refractivity contribution in [3.05, 3.63) is 53.6 Å². The van der Waals surface area contributed by atoms with Crippen LogP contribution in [0.2, 0.25) is 0 Å². The zero-order chi connectivity index (χ0) is 18.5. The number of carbonyl (C=O) groups is 2. The van der Waals surface area contributed by atoms with Crippen molar-refractivity contribution in [3.63, 3.8) is 0 Å². The van der Waals surface area contributed by atoms with Crippen LogP contribution < -0.4 is 5.32 Å². The molecule has 0 saturated heterocycles. The number of carbonyl (C=O) groups excluding carboxylic acids is 2. The van der Waals surface area contributed by atoms with Crippen LogP contribution in [0.4, 0.5) is 5.13 Å². The number of hydrogen-bond acceptors (Lipinski definition) is 6. The molecule has 1 N–H and O–H groups in total. The monoisotopic (exact) mass is 386 g/mol. The topological polar surface area (TPSA) is 68.3 Å². The molecule has 7 heteroatoms. The summed E-state index contributed by atoms with van der Waals surface area (Å²) in [7, 11) is 0. The number of esters is 1. The van der Waals surface area contributed by atoms with Gasteiger partial charge in [0.2, 0.25) is 0 Å². The van der Waals surface area contributed by atoms with Crippen LogP contribution in [0.3, 0.4) is 0 Å². The highest BCUT2D eigenvalue weighted by Gasteiger charge is 2.13. The third-order valence-electron chi connectivity index (χ3n) is 3.53. The molecule has 0 aliphatic rings. The quantitative estimate of drug-likeness (QED) is 0.485. The van der Waals surface area contributed by atoms with Crippen LogP contribution in [0.1, 0.15) is 34.6 Å². The fraction of sp³-hybridized carbons (Fsp3) is 0.211. The minimum atomic E-state index is -0.362. The van der Waals surface area contributed by atoms with Gasteiger partial charge in [-0.3, -0.25) is 10.1 Å². The molecule has 134 valence electrons. The number of rotatable bonds is 6. The van der Waals surface area contributed by atoms with Crippen molar-refractivity contribution in [2.24, 2.45) is 0 Å². The van der Waals surface area contributed by atoms with Gasteiger partial charge in [-0.1, -0.05) is 24.3 Å². The van der Waals surface area contributed by atoms with E-state index < -0.39 is 0 Å². The molecule has 0 aliphatic carbocycles. The fourth-order valence-electron chi connectivity index (χ4n) is 2.38. The largest absolute Gasteiger partial charge is 0.462 e. The molecule has 1 amide bonds. The molecule has 0 aliphatic heterocycles. The first-order valence-corrected chi connectivity index (χ1v) is 10.0. The average Bonchev–Trinajstić information content (AvgIpc) is 3.03. The molecular formula is C19H18N2O3S2. The van der Waals surface area contributed by atoms with Crippen LogP contribution in [0, 0.1) is 0 Å². The van der Waals surface area contributed by atoms with Crippen molar-refractivity contribution in [2.45, 2.75) is 18.7 Å². The Labute approximate surface area is 159 Å².